The van der Waals surface area contributed by atoms with E-state index in [1.807, 2.05) is 0 Å². The van der Waals surface area contributed by atoms with Gasteiger partial charge in [-0.15, -0.1) is 0 Å². The van der Waals surface area contributed by atoms with Crippen LogP contribution in [-0.4, -0.2) is 72.5 Å². The van der Waals surface area contributed by atoms with E-state index in [0.717, 1.165) is 22.6 Å². The van der Waals surface area contributed by atoms with E-state index < -0.39 is 38.1 Å². The smallest absolute Gasteiger partial charge is 0.320 e. The van der Waals surface area contributed by atoms with E-state index >= 15 is 0 Å². The van der Waals surface area contributed by atoms with E-state index in [9.17, 15) is 26.4 Å². The molecule has 0 radical (unpaired) electrons. The van der Waals surface area contributed by atoms with Crippen LogP contribution in [0.1, 0.15) is 18.4 Å². The molecular formula is C15H24N4O7S2. The molecule has 0 bridgehead atoms. The minimum atomic E-state index is -3.95. The number of carbonyl (C=O) groups is 2. The zero-order chi connectivity index (χ0) is 21.9. The highest BCUT2D eigenvalue weighted by Crippen LogP contribution is 2.31. The van der Waals surface area contributed by atoms with Crippen LogP contribution in [0.2, 0.25) is 0 Å². The predicted molar refractivity (Wildman–Crippen MR) is 104 cm³/mol. The number of hydrogen-bond acceptors (Lipinski definition) is 7. The first kappa shape index (κ1) is 23.8. The lowest BCUT2D eigenvalue weighted by molar-refractivity contribution is -0.145. The molecule has 1 rings (SSSR count). The van der Waals surface area contributed by atoms with Crippen molar-refractivity contribution in [2.45, 2.75) is 12.8 Å². The Kier molecular flexibility index (Phi) is 7.53. The standard InChI is InChI=1S/C15H24N4O7S2/c1-10(20)14(15(21)26-6)12-9-11(16-27(22,23)18(2)3)7-8-13(12)17-28(24,25)19(4)5/h7-9,14,16-17H,1-6H3. The fourth-order valence-electron chi connectivity index (χ4n) is 2.06. The Balaban J connectivity index is 3.60. The Hall–Kier alpha value is -2.22. The molecule has 1 aromatic carbocycles. The van der Waals surface area contributed by atoms with Crippen LogP contribution in [0.4, 0.5) is 11.4 Å². The molecule has 11 nitrogen and oxygen atoms in total. The highest BCUT2D eigenvalue weighted by Gasteiger charge is 2.31. The van der Waals surface area contributed by atoms with Gasteiger partial charge in [-0.05, 0) is 30.7 Å². The maximum atomic E-state index is 12.2. The van der Waals surface area contributed by atoms with Gasteiger partial charge in [0.25, 0.3) is 0 Å². The maximum Gasteiger partial charge on any atom is 0.320 e. The van der Waals surface area contributed by atoms with Crippen molar-refractivity contribution < 1.29 is 31.2 Å². The monoisotopic (exact) mass is 436 g/mol. The molecule has 0 amide bonds. The first-order valence-electron chi connectivity index (χ1n) is 7.85. The largest absolute Gasteiger partial charge is 0.468 e. The Morgan fingerprint density at radius 1 is 0.964 bits per heavy atom. The summed E-state index contributed by atoms with van der Waals surface area (Å²) in [6.07, 6.45) is 0. The van der Waals surface area contributed by atoms with Gasteiger partial charge < -0.3 is 4.74 Å². The van der Waals surface area contributed by atoms with Gasteiger partial charge in [0.15, 0.2) is 0 Å². The molecule has 0 heterocycles. The lowest BCUT2D eigenvalue weighted by atomic mass is 9.93. The summed E-state index contributed by atoms with van der Waals surface area (Å²) in [4.78, 5) is 24.2. The van der Waals surface area contributed by atoms with Gasteiger partial charge in [0.05, 0.1) is 18.5 Å². The number of benzene rings is 1. The summed E-state index contributed by atoms with van der Waals surface area (Å²) < 4.78 is 59.5. The number of Topliss-reactive ketones (excluding diaryl/α,β-unsaturated/α-hetero) is 1. The molecule has 158 valence electrons. The second kappa shape index (κ2) is 8.86. The van der Waals surface area contributed by atoms with Crippen LogP contribution in [-0.2, 0) is 34.7 Å². The first-order chi connectivity index (χ1) is 12.7. The number of nitrogens with zero attached hydrogens (tertiary/aromatic N) is 2. The SMILES string of the molecule is COC(=O)C(C(C)=O)c1cc(NS(=O)(=O)N(C)C)ccc1NS(=O)(=O)N(C)C. The van der Waals surface area contributed by atoms with Crippen LogP contribution < -0.4 is 9.44 Å². The molecule has 28 heavy (non-hydrogen) atoms. The number of ketones is 1. The van der Waals surface area contributed by atoms with Crippen molar-refractivity contribution in [1.29, 1.82) is 0 Å². The molecule has 0 aliphatic carbocycles. The quantitative estimate of drug-likeness (QED) is 0.409. The molecule has 0 spiro atoms. The van der Waals surface area contributed by atoms with E-state index in [2.05, 4.69) is 14.2 Å². The minimum Gasteiger partial charge on any atom is -0.468 e. The molecule has 0 aromatic heterocycles. The van der Waals surface area contributed by atoms with Crippen LogP contribution in [0, 0.1) is 0 Å². The van der Waals surface area contributed by atoms with Gasteiger partial charge in [-0.1, -0.05) is 0 Å². The van der Waals surface area contributed by atoms with Crippen molar-refractivity contribution in [2.75, 3.05) is 44.7 Å². The zero-order valence-electron chi connectivity index (χ0n) is 16.4. The molecule has 1 unspecified atom stereocenters. The molecule has 13 heteroatoms. The normalized spacial score (nSPS) is 13.3. The molecule has 1 atom stereocenters. The van der Waals surface area contributed by atoms with E-state index in [1.165, 1.54) is 46.4 Å². The van der Waals surface area contributed by atoms with Crippen LogP contribution in [0.25, 0.3) is 0 Å². The summed E-state index contributed by atoms with van der Waals surface area (Å²) in [5, 5.41) is 0. The van der Waals surface area contributed by atoms with Crippen LogP contribution in [0.5, 0.6) is 0 Å². The lowest BCUT2D eigenvalue weighted by Crippen LogP contribution is -2.31. The number of hydrogen-bond donors (Lipinski definition) is 2. The summed E-state index contributed by atoms with van der Waals surface area (Å²) in [5.74, 6) is -2.97. The van der Waals surface area contributed by atoms with Crippen molar-refractivity contribution in [3.8, 4) is 0 Å². The lowest BCUT2D eigenvalue weighted by Gasteiger charge is -2.21. The first-order valence-corrected chi connectivity index (χ1v) is 10.7. The molecule has 0 fully saturated rings. The van der Waals surface area contributed by atoms with Crippen molar-refractivity contribution in [2.24, 2.45) is 0 Å². The number of esters is 1. The summed E-state index contributed by atoms with van der Waals surface area (Å²) in [7, 11) is -1.51. The highest BCUT2D eigenvalue weighted by atomic mass is 32.2. The highest BCUT2D eigenvalue weighted by molar-refractivity contribution is 7.90. The number of rotatable bonds is 9. The van der Waals surface area contributed by atoms with Gasteiger partial charge in [-0.3, -0.25) is 19.0 Å². The molecule has 0 aliphatic rings. The number of carbonyl (C=O) groups excluding carboxylic acids is 2. The summed E-state index contributed by atoms with van der Waals surface area (Å²) in [6.45, 7) is 1.14. The van der Waals surface area contributed by atoms with E-state index in [-0.39, 0.29) is 16.9 Å². The minimum absolute atomic E-state index is 0.0339. The molecule has 0 aliphatic heterocycles. The van der Waals surface area contributed by atoms with Gasteiger partial charge in [-0.25, -0.2) is 0 Å². The van der Waals surface area contributed by atoms with Crippen molar-refractivity contribution >= 4 is 43.5 Å². The van der Waals surface area contributed by atoms with Gasteiger partial charge >= 0.3 is 26.4 Å². The van der Waals surface area contributed by atoms with Crippen LogP contribution >= 0.6 is 0 Å². The van der Waals surface area contributed by atoms with Gasteiger partial charge in [0.2, 0.25) is 0 Å². The van der Waals surface area contributed by atoms with Crippen molar-refractivity contribution in [3.05, 3.63) is 23.8 Å². The van der Waals surface area contributed by atoms with Gasteiger partial charge in [0.1, 0.15) is 11.7 Å². The van der Waals surface area contributed by atoms with Crippen molar-refractivity contribution in [1.82, 2.24) is 8.61 Å². The average molecular weight is 437 g/mol. The third-order valence-corrected chi connectivity index (χ3v) is 6.55. The topological polar surface area (TPSA) is 142 Å². The number of anilines is 2. The van der Waals surface area contributed by atoms with E-state index in [1.54, 1.807) is 0 Å². The van der Waals surface area contributed by atoms with Crippen LogP contribution in [0.15, 0.2) is 18.2 Å². The Labute approximate surface area is 165 Å². The van der Waals surface area contributed by atoms with E-state index in [4.69, 9.17) is 0 Å². The van der Waals surface area contributed by atoms with Gasteiger partial charge in [-0.2, -0.15) is 25.4 Å². The zero-order valence-corrected chi connectivity index (χ0v) is 18.0. The average Bonchev–Trinajstić information content (AvgIpc) is 2.55. The predicted octanol–water partition coefficient (Wildman–Crippen LogP) is -0.0312. The number of methoxy groups -OCH3 is 1. The Morgan fingerprint density at radius 2 is 1.46 bits per heavy atom. The van der Waals surface area contributed by atoms with Crippen molar-refractivity contribution in [3.63, 3.8) is 0 Å². The second-order valence-electron chi connectivity index (χ2n) is 6.15. The second-order valence-corrected chi connectivity index (χ2v) is 9.92. The van der Waals surface area contributed by atoms with E-state index in [0.29, 0.717) is 0 Å². The third kappa shape index (κ3) is 5.64. The number of ether oxygens (including phenoxy) is 1. The molecule has 0 saturated heterocycles. The Morgan fingerprint density at radius 3 is 1.89 bits per heavy atom. The molecule has 1 aromatic rings. The summed E-state index contributed by atoms with van der Waals surface area (Å²) in [5.41, 5.74) is -0.0810. The van der Waals surface area contributed by atoms with Crippen LogP contribution in [0.3, 0.4) is 0 Å². The summed E-state index contributed by atoms with van der Waals surface area (Å²) in [6, 6.07) is 3.76. The molecular weight excluding hydrogens is 412 g/mol. The summed E-state index contributed by atoms with van der Waals surface area (Å²) >= 11 is 0. The molecule has 0 saturated carbocycles. The fourth-order valence-corrected chi connectivity index (χ4v) is 3.31. The maximum absolute atomic E-state index is 12.2. The number of nitrogens with one attached hydrogen (secondary N) is 2. The molecule has 2 N–H and O–H groups in total. The Bertz CT molecular complexity index is 957. The third-order valence-electron chi connectivity index (χ3n) is 3.65. The van der Waals surface area contributed by atoms with Gasteiger partial charge in [0, 0.05) is 28.2 Å². The fraction of sp³-hybridized carbons (Fsp3) is 0.467.